The number of hydrogen-bond acceptors (Lipinski definition) is 3. The Morgan fingerprint density at radius 1 is 0.712 bits per heavy atom. The van der Waals surface area contributed by atoms with Gasteiger partial charge in [0.1, 0.15) is 0 Å². The number of pyridine rings is 2. The summed E-state index contributed by atoms with van der Waals surface area (Å²) >= 11 is 0.0628. The summed E-state index contributed by atoms with van der Waals surface area (Å²) in [5, 5.41) is 5.01. The largest absolute Gasteiger partial charge is 0 e. The van der Waals surface area contributed by atoms with Crippen LogP contribution in [0.5, 0.6) is 0 Å². The quantitative estimate of drug-likeness (QED) is 0.123. The Morgan fingerprint density at radius 2 is 1.46 bits per heavy atom. The van der Waals surface area contributed by atoms with Gasteiger partial charge in [-0.25, -0.2) is 0 Å². The van der Waals surface area contributed by atoms with Gasteiger partial charge < -0.3 is 4.98 Å². The first-order valence-electron chi connectivity index (χ1n) is 18.2. The second kappa shape index (κ2) is 16.0. The summed E-state index contributed by atoms with van der Waals surface area (Å²) < 4.78 is 12.5. The van der Waals surface area contributed by atoms with Gasteiger partial charge in [0, 0.05) is 32.4 Å². The second-order valence-electron chi connectivity index (χ2n) is 14.7. The van der Waals surface area contributed by atoms with Crippen LogP contribution in [0.15, 0.2) is 128 Å². The van der Waals surface area contributed by atoms with Gasteiger partial charge in [-0.05, 0) is 39.2 Å². The van der Waals surface area contributed by atoms with Crippen molar-refractivity contribution in [3.63, 3.8) is 0 Å². The van der Waals surface area contributed by atoms with E-state index in [4.69, 9.17) is 6.35 Å². The van der Waals surface area contributed by atoms with Crippen molar-refractivity contribution >= 4 is 59.9 Å². The maximum absolute atomic E-state index is 8.47. The molecule has 3 aromatic heterocycles. The van der Waals surface area contributed by atoms with Gasteiger partial charge in [0.2, 0.25) is 0 Å². The van der Waals surface area contributed by atoms with E-state index in [1.54, 1.807) is 0 Å². The van der Waals surface area contributed by atoms with Crippen molar-refractivity contribution in [1.29, 1.82) is 0 Å². The molecular weight excluding hydrogens is 889 g/mol. The topological polar surface area (TPSA) is 25.8 Å². The van der Waals surface area contributed by atoms with Crippen molar-refractivity contribution in [2.24, 2.45) is 0 Å². The van der Waals surface area contributed by atoms with Gasteiger partial charge >= 0.3 is 123 Å². The molecule has 0 aliphatic rings. The Kier molecular flexibility index (Phi) is 11.2. The van der Waals surface area contributed by atoms with E-state index in [0.29, 0.717) is 5.92 Å². The zero-order valence-corrected chi connectivity index (χ0v) is 36.1. The van der Waals surface area contributed by atoms with Gasteiger partial charge in [-0.1, -0.05) is 104 Å². The SMILES string of the molecule is [2H]C(C)(C)c1ccnc(-c2[c-]cc(-c3ccccc3)c3c2sc2c(C(C)C)cccc23)c1.[CH3][Ge]([CH3])([CH3])[c]1ccc(-c2[c-]ccc3ccccc23)nc1.[Ir]. The third-order valence-corrected chi connectivity index (χ3v) is 15.0. The van der Waals surface area contributed by atoms with Crippen LogP contribution in [0.3, 0.4) is 0 Å². The maximum Gasteiger partial charge on any atom is 0 e. The number of fused-ring (bicyclic) bond motifs is 4. The molecule has 0 spiro atoms. The van der Waals surface area contributed by atoms with Gasteiger partial charge in [0.05, 0.1) is 0 Å². The predicted molar refractivity (Wildman–Crippen MR) is 224 cm³/mol. The van der Waals surface area contributed by atoms with E-state index < -0.39 is 19.2 Å². The van der Waals surface area contributed by atoms with E-state index >= 15 is 0 Å². The molecule has 0 aliphatic carbocycles. The Hall–Kier alpha value is -3.93. The van der Waals surface area contributed by atoms with Gasteiger partial charge in [-0.3, -0.25) is 0 Å². The van der Waals surface area contributed by atoms with Crippen molar-refractivity contribution in [2.45, 2.75) is 56.8 Å². The van der Waals surface area contributed by atoms with Crippen LogP contribution >= 0.6 is 11.3 Å². The Labute approximate surface area is 330 Å². The van der Waals surface area contributed by atoms with Crippen LogP contribution in [0.25, 0.3) is 64.6 Å². The van der Waals surface area contributed by atoms with Gasteiger partial charge in [0.25, 0.3) is 0 Å². The molecular formula is C47H44GeIrN2S-2. The van der Waals surface area contributed by atoms with Crippen LogP contribution in [0.2, 0.25) is 17.3 Å². The molecule has 263 valence electrons. The number of rotatable bonds is 6. The molecule has 0 atom stereocenters. The molecule has 5 heteroatoms. The fourth-order valence-electron chi connectivity index (χ4n) is 6.59. The fourth-order valence-corrected chi connectivity index (χ4v) is 10.3. The molecule has 0 unspecified atom stereocenters. The predicted octanol–water partition coefficient (Wildman–Crippen LogP) is 13.1. The molecule has 8 aromatic rings. The summed E-state index contributed by atoms with van der Waals surface area (Å²) in [6, 6.07) is 47.1. The smallest absolute Gasteiger partial charge is 0 e. The minimum Gasteiger partial charge on any atom is 0 e. The molecule has 0 N–H and O–H groups in total. The van der Waals surface area contributed by atoms with E-state index in [1.807, 2.05) is 49.6 Å². The molecule has 0 saturated heterocycles. The first-order valence-corrected chi connectivity index (χ1v) is 25.8. The second-order valence-corrected chi connectivity index (χ2v) is 26.4. The van der Waals surface area contributed by atoms with Gasteiger partial charge in [-0.15, -0.1) is 17.7 Å². The molecule has 8 rings (SSSR count). The van der Waals surface area contributed by atoms with E-state index in [0.717, 1.165) is 28.1 Å². The number of benzene rings is 5. The van der Waals surface area contributed by atoms with Crippen molar-refractivity contribution in [1.82, 2.24) is 9.97 Å². The molecule has 0 saturated carbocycles. The van der Waals surface area contributed by atoms with Crippen molar-refractivity contribution in [3.05, 3.63) is 151 Å². The summed E-state index contributed by atoms with van der Waals surface area (Å²) in [4.78, 5) is 9.38. The molecule has 0 fully saturated rings. The van der Waals surface area contributed by atoms with Crippen LogP contribution in [0.1, 0.15) is 52.0 Å². The Morgan fingerprint density at radius 3 is 2.17 bits per heavy atom. The Bertz CT molecular complexity index is 2510. The maximum atomic E-state index is 8.47. The zero-order valence-electron chi connectivity index (χ0n) is 31.8. The number of nitrogens with zero attached hydrogens (tertiary/aromatic N) is 2. The van der Waals surface area contributed by atoms with Crippen molar-refractivity contribution in [3.8, 4) is 33.6 Å². The third kappa shape index (κ3) is 7.73. The van der Waals surface area contributed by atoms with E-state index in [1.165, 1.54) is 52.0 Å². The van der Waals surface area contributed by atoms with E-state index in [-0.39, 0.29) is 20.1 Å². The van der Waals surface area contributed by atoms with E-state index in [2.05, 4.69) is 151 Å². The number of thiophene rings is 1. The molecule has 1 radical (unpaired) electrons. The molecule has 3 heterocycles. The first-order chi connectivity index (χ1) is 24.9. The molecule has 52 heavy (non-hydrogen) atoms. The first kappa shape index (κ1) is 36.4. The molecule has 0 bridgehead atoms. The number of aromatic nitrogens is 2. The van der Waals surface area contributed by atoms with Crippen molar-refractivity contribution < 1.29 is 21.5 Å². The Balaban J connectivity index is 0.000000197. The normalized spacial score (nSPS) is 12.0. The van der Waals surface area contributed by atoms with Crippen LogP contribution in [-0.4, -0.2) is 23.2 Å². The fraction of sp³-hybridized carbons (Fsp3) is 0.191. The number of hydrogen-bond donors (Lipinski definition) is 0. The van der Waals surface area contributed by atoms with Gasteiger partial charge in [0.15, 0.2) is 0 Å². The molecule has 5 aromatic carbocycles. The summed E-state index contributed by atoms with van der Waals surface area (Å²) in [6.45, 7) is 8.34. The molecule has 2 nitrogen and oxygen atoms in total. The standard InChI is InChI=1S/C29H26NS.C18H18GeN.Ir/c1-18(2)21-15-16-30-26(17-21)24-14-13-23(20-9-6-5-7-10-20)27-25-12-8-11-22(19(3)4)28(25)31-29(24)27;1-19(2,3)15-11-12-18(20-13-15)17-10-6-8-14-7-4-5-9-16(14)17;/h5-13,15-19H,1-4H3;4-9,11-13H,1-3H3;/q2*-1;/i18D;;. The van der Waals surface area contributed by atoms with E-state index in [9.17, 15) is 0 Å². The zero-order chi connectivity index (χ0) is 36.6. The van der Waals surface area contributed by atoms with Crippen LogP contribution in [0.4, 0.5) is 0 Å². The minimum absolute atomic E-state index is 0. The monoisotopic (exact) mass is 936 g/mol. The van der Waals surface area contributed by atoms with Crippen molar-refractivity contribution in [2.75, 3.05) is 0 Å². The average molecular weight is 935 g/mol. The molecule has 0 aliphatic heterocycles. The average Bonchev–Trinajstić information content (AvgIpc) is 3.54. The third-order valence-electron chi connectivity index (χ3n) is 9.51. The van der Waals surface area contributed by atoms with Crippen LogP contribution in [0, 0.1) is 12.1 Å². The van der Waals surface area contributed by atoms with Crippen LogP contribution < -0.4 is 4.40 Å². The minimum atomic E-state index is -1.78. The van der Waals surface area contributed by atoms with Gasteiger partial charge in [-0.2, -0.15) is 11.3 Å². The summed E-state index contributed by atoms with van der Waals surface area (Å²) in [5.74, 6) is 6.94. The van der Waals surface area contributed by atoms with Crippen LogP contribution in [-0.2, 0) is 20.1 Å². The summed E-state index contributed by atoms with van der Waals surface area (Å²) in [6.07, 6.45) is 3.88. The molecule has 0 amide bonds. The summed E-state index contributed by atoms with van der Waals surface area (Å²) in [7, 11) is 0. The summed E-state index contributed by atoms with van der Waals surface area (Å²) in [5.41, 5.74) is 8.74.